The summed E-state index contributed by atoms with van der Waals surface area (Å²) in [6, 6.07) is 7.82. The highest BCUT2D eigenvalue weighted by Crippen LogP contribution is 2.12. The minimum absolute atomic E-state index is 0.319. The third kappa shape index (κ3) is 4.67. The van der Waals surface area contributed by atoms with Crippen molar-refractivity contribution >= 4 is 0 Å². The summed E-state index contributed by atoms with van der Waals surface area (Å²) in [5, 5.41) is 12.7. The summed E-state index contributed by atoms with van der Waals surface area (Å²) in [5.74, 6) is 0.319. The van der Waals surface area contributed by atoms with Crippen molar-refractivity contribution in [3.63, 3.8) is 0 Å². The van der Waals surface area contributed by atoms with E-state index >= 15 is 0 Å². The van der Waals surface area contributed by atoms with Crippen LogP contribution in [0.25, 0.3) is 0 Å². The number of phenolic OH excluding ortho intramolecular Hbond substituents is 1. The van der Waals surface area contributed by atoms with E-state index in [0.29, 0.717) is 11.8 Å². The van der Waals surface area contributed by atoms with Gasteiger partial charge < -0.3 is 10.4 Å². The first-order valence-electron chi connectivity index (χ1n) is 6.49. The molecule has 2 aromatic rings. The van der Waals surface area contributed by atoms with Gasteiger partial charge in [-0.25, -0.2) is 9.97 Å². The Kier molecular flexibility index (Phi) is 4.86. The molecular weight excluding hydrogens is 238 g/mol. The molecule has 1 unspecified atom stereocenters. The van der Waals surface area contributed by atoms with Crippen LogP contribution in [0, 0.1) is 0 Å². The first kappa shape index (κ1) is 13.5. The van der Waals surface area contributed by atoms with Gasteiger partial charge in [-0.15, -0.1) is 0 Å². The van der Waals surface area contributed by atoms with E-state index in [9.17, 15) is 5.11 Å². The molecule has 0 saturated heterocycles. The van der Waals surface area contributed by atoms with Gasteiger partial charge in [0, 0.05) is 30.5 Å². The van der Waals surface area contributed by atoms with Crippen molar-refractivity contribution in [2.75, 3.05) is 0 Å². The number of hydrogen-bond acceptors (Lipinski definition) is 4. The molecule has 1 aromatic heterocycles. The lowest BCUT2D eigenvalue weighted by molar-refractivity contribution is 0.474. The maximum atomic E-state index is 9.22. The number of phenols is 1. The summed E-state index contributed by atoms with van der Waals surface area (Å²) in [4.78, 5) is 7.98. The van der Waals surface area contributed by atoms with Gasteiger partial charge in [-0.05, 0) is 37.5 Å². The van der Waals surface area contributed by atoms with Crippen molar-refractivity contribution in [1.29, 1.82) is 0 Å². The molecule has 4 heteroatoms. The Hall–Kier alpha value is -1.94. The van der Waals surface area contributed by atoms with E-state index < -0.39 is 0 Å². The minimum Gasteiger partial charge on any atom is -0.508 e. The van der Waals surface area contributed by atoms with E-state index in [1.807, 2.05) is 24.5 Å². The van der Waals surface area contributed by atoms with Gasteiger partial charge in [0.25, 0.3) is 0 Å². The SMILES string of the molecule is CC(CCc1ccc(O)cc1)NCc1cncnc1. The van der Waals surface area contributed by atoms with E-state index in [4.69, 9.17) is 0 Å². The monoisotopic (exact) mass is 257 g/mol. The molecule has 2 N–H and O–H groups in total. The molecule has 1 atom stereocenters. The Morgan fingerprint density at radius 1 is 1.11 bits per heavy atom. The normalized spacial score (nSPS) is 12.3. The van der Waals surface area contributed by atoms with E-state index in [2.05, 4.69) is 22.2 Å². The minimum atomic E-state index is 0.319. The number of aromatic nitrogens is 2. The third-order valence-corrected chi connectivity index (χ3v) is 3.07. The first-order valence-corrected chi connectivity index (χ1v) is 6.49. The number of aromatic hydroxyl groups is 1. The molecule has 4 nitrogen and oxygen atoms in total. The van der Waals surface area contributed by atoms with Crippen molar-refractivity contribution in [1.82, 2.24) is 15.3 Å². The highest BCUT2D eigenvalue weighted by molar-refractivity contribution is 5.25. The second-order valence-corrected chi connectivity index (χ2v) is 4.73. The smallest absolute Gasteiger partial charge is 0.115 e. The van der Waals surface area contributed by atoms with Crippen molar-refractivity contribution in [2.45, 2.75) is 32.4 Å². The summed E-state index contributed by atoms with van der Waals surface area (Å²) in [6.45, 7) is 2.96. The molecule has 0 amide bonds. The molecule has 2 rings (SSSR count). The van der Waals surface area contributed by atoms with Crippen molar-refractivity contribution in [3.05, 3.63) is 54.1 Å². The summed E-state index contributed by atoms with van der Waals surface area (Å²) >= 11 is 0. The van der Waals surface area contributed by atoms with Crippen LogP contribution < -0.4 is 5.32 Å². The Morgan fingerprint density at radius 3 is 2.47 bits per heavy atom. The van der Waals surface area contributed by atoms with Gasteiger partial charge in [-0.2, -0.15) is 0 Å². The Morgan fingerprint density at radius 2 is 1.79 bits per heavy atom. The fourth-order valence-electron chi connectivity index (χ4n) is 1.86. The maximum absolute atomic E-state index is 9.22. The summed E-state index contributed by atoms with van der Waals surface area (Å²) in [7, 11) is 0. The standard InChI is InChI=1S/C15H19N3O/c1-12(18-10-14-8-16-11-17-9-14)2-3-13-4-6-15(19)7-5-13/h4-9,11-12,18-19H,2-3,10H2,1H3. The topological polar surface area (TPSA) is 58.0 Å². The second-order valence-electron chi connectivity index (χ2n) is 4.73. The molecule has 0 aliphatic rings. The fraction of sp³-hybridized carbons (Fsp3) is 0.333. The van der Waals surface area contributed by atoms with E-state index in [1.54, 1.807) is 12.1 Å². The average Bonchev–Trinajstić information content (AvgIpc) is 2.45. The largest absolute Gasteiger partial charge is 0.508 e. The summed E-state index contributed by atoms with van der Waals surface area (Å²) in [5.41, 5.74) is 2.34. The van der Waals surface area contributed by atoms with Crippen LogP contribution in [-0.2, 0) is 13.0 Å². The number of aryl methyl sites for hydroxylation is 1. The molecule has 0 aliphatic heterocycles. The van der Waals surface area contributed by atoms with E-state index in [-0.39, 0.29) is 0 Å². The number of nitrogens with zero attached hydrogens (tertiary/aromatic N) is 2. The predicted molar refractivity (Wildman–Crippen MR) is 74.8 cm³/mol. The van der Waals surface area contributed by atoms with Crippen LogP contribution in [0.15, 0.2) is 43.0 Å². The van der Waals surface area contributed by atoms with Crippen molar-refractivity contribution < 1.29 is 5.11 Å². The lowest BCUT2D eigenvalue weighted by Gasteiger charge is -2.13. The third-order valence-electron chi connectivity index (χ3n) is 3.07. The second kappa shape index (κ2) is 6.85. The molecule has 1 heterocycles. The van der Waals surface area contributed by atoms with Gasteiger partial charge in [-0.1, -0.05) is 12.1 Å². The van der Waals surface area contributed by atoms with Crippen LogP contribution in [0.4, 0.5) is 0 Å². The zero-order valence-electron chi connectivity index (χ0n) is 11.1. The molecule has 0 fully saturated rings. The zero-order chi connectivity index (χ0) is 13.5. The van der Waals surface area contributed by atoms with Crippen LogP contribution >= 0.6 is 0 Å². The maximum Gasteiger partial charge on any atom is 0.115 e. The molecule has 0 spiro atoms. The first-order chi connectivity index (χ1) is 9.24. The highest BCUT2D eigenvalue weighted by atomic mass is 16.3. The predicted octanol–water partition coefficient (Wildman–Crippen LogP) is 2.29. The van der Waals surface area contributed by atoms with Gasteiger partial charge in [0.2, 0.25) is 0 Å². The summed E-state index contributed by atoms with van der Waals surface area (Å²) < 4.78 is 0. The molecule has 0 bridgehead atoms. The average molecular weight is 257 g/mol. The number of nitrogens with one attached hydrogen (secondary N) is 1. The zero-order valence-corrected chi connectivity index (χ0v) is 11.1. The lowest BCUT2D eigenvalue weighted by Crippen LogP contribution is -2.26. The van der Waals surface area contributed by atoms with Gasteiger partial charge in [0.15, 0.2) is 0 Å². The Balaban J connectivity index is 1.72. The van der Waals surface area contributed by atoms with Crippen LogP contribution in [0.1, 0.15) is 24.5 Å². The highest BCUT2D eigenvalue weighted by Gasteiger charge is 2.03. The summed E-state index contributed by atoms with van der Waals surface area (Å²) in [6.07, 6.45) is 7.25. The fourth-order valence-corrected chi connectivity index (χ4v) is 1.86. The number of rotatable bonds is 6. The van der Waals surface area contributed by atoms with Gasteiger partial charge in [0.1, 0.15) is 12.1 Å². The van der Waals surface area contributed by atoms with Gasteiger partial charge in [-0.3, -0.25) is 0 Å². The van der Waals surface area contributed by atoms with Crippen LogP contribution in [0.3, 0.4) is 0 Å². The molecule has 19 heavy (non-hydrogen) atoms. The number of hydrogen-bond donors (Lipinski definition) is 2. The van der Waals surface area contributed by atoms with Crippen molar-refractivity contribution in [2.24, 2.45) is 0 Å². The molecule has 0 radical (unpaired) electrons. The Bertz CT molecular complexity index is 485. The molecular formula is C15H19N3O. The van der Waals surface area contributed by atoms with Crippen molar-refractivity contribution in [3.8, 4) is 5.75 Å². The van der Waals surface area contributed by atoms with Gasteiger partial charge in [0.05, 0.1) is 0 Å². The van der Waals surface area contributed by atoms with Gasteiger partial charge >= 0.3 is 0 Å². The van der Waals surface area contributed by atoms with Crippen LogP contribution in [0.5, 0.6) is 5.75 Å². The Labute approximate surface area is 113 Å². The number of benzene rings is 1. The molecule has 0 aliphatic carbocycles. The van der Waals surface area contributed by atoms with E-state index in [0.717, 1.165) is 24.9 Å². The van der Waals surface area contributed by atoms with Crippen LogP contribution in [0.2, 0.25) is 0 Å². The molecule has 1 aromatic carbocycles. The van der Waals surface area contributed by atoms with E-state index in [1.165, 1.54) is 11.9 Å². The quantitative estimate of drug-likeness (QED) is 0.833. The lowest BCUT2D eigenvalue weighted by atomic mass is 10.1. The van der Waals surface area contributed by atoms with Crippen LogP contribution in [-0.4, -0.2) is 21.1 Å². The molecule has 0 saturated carbocycles. The molecule has 100 valence electrons.